The lowest BCUT2D eigenvalue weighted by atomic mass is 9.94. The van der Waals surface area contributed by atoms with E-state index in [2.05, 4.69) is 0 Å². The summed E-state index contributed by atoms with van der Waals surface area (Å²) in [7, 11) is 0. The van der Waals surface area contributed by atoms with Crippen LogP contribution in [0.1, 0.15) is 27.8 Å². The third-order valence-electron chi connectivity index (χ3n) is 4.89. The highest BCUT2D eigenvalue weighted by molar-refractivity contribution is 6.19. The minimum absolute atomic E-state index is 0.133. The van der Waals surface area contributed by atoms with Crippen molar-refractivity contribution < 1.29 is 19.1 Å². The average molecular weight is 384 g/mol. The summed E-state index contributed by atoms with van der Waals surface area (Å²) < 4.78 is 11.7. The first-order valence-electron chi connectivity index (χ1n) is 9.36. The molecule has 0 amide bonds. The van der Waals surface area contributed by atoms with Crippen LogP contribution in [-0.4, -0.2) is 11.9 Å². The zero-order valence-electron chi connectivity index (χ0n) is 16.2. The van der Waals surface area contributed by atoms with E-state index >= 15 is 0 Å². The minimum Gasteiger partial charge on any atom is -0.410 e. The van der Waals surface area contributed by atoms with E-state index in [9.17, 15) is 9.59 Å². The van der Waals surface area contributed by atoms with E-state index in [1.807, 2.05) is 80.6 Å². The standard InChI is InChI=1S/C25H20O4/c1-17-8-12-20(13-9-17)25(21-14-10-18(2)11-15-21)28-23(26)22(24(27)29-25)16-19-6-4-3-5-7-19/h3-16H,1-2H3. The van der Waals surface area contributed by atoms with E-state index in [1.54, 1.807) is 12.1 Å². The van der Waals surface area contributed by atoms with Gasteiger partial charge in [0.1, 0.15) is 5.57 Å². The molecule has 0 bridgehead atoms. The Morgan fingerprint density at radius 1 is 0.655 bits per heavy atom. The zero-order valence-corrected chi connectivity index (χ0v) is 16.2. The van der Waals surface area contributed by atoms with Gasteiger partial charge in [-0.05, 0) is 25.5 Å². The van der Waals surface area contributed by atoms with E-state index in [1.165, 1.54) is 6.08 Å². The first-order valence-corrected chi connectivity index (χ1v) is 9.36. The van der Waals surface area contributed by atoms with Crippen molar-refractivity contribution in [3.8, 4) is 0 Å². The molecule has 4 heteroatoms. The zero-order chi connectivity index (χ0) is 20.4. The monoisotopic (exact) mass is 384 g/mol. The summed E-state index contributed by atoms with van der Waals surface area (Å²) in [5.74, 6) is -3.05. The second-order valence-corrected chi connectivity index (χ2v) is 7.10. The lowest BCUT2D eigenvalue weighted by Crippen LogP contribution is -2.45. The second-order valence-electron chi connectivity index (χ2n) is 7.10. The largest absolute Gasteiger partial charge is 0.410 e. The third-order valence-corrected chi connectivity index (χ3v) is 4.89. The summed E-state index contributed by atoms with van der Waals surface area (Å²) in [6.45, 7) is 3.92. The summed E-state index contributed by atoms with van der Waals surface area (Å²) in [5.41, 5.74) is 3.83. The normalized spacial score (nSPS) is 15.4. The van der Waals surface area contributed by atoms with E-state index in [0.717, 1.165) is 16.7 Å². The first kappa shape index (κ1) is 18.7. The van der Waals surface area contributed by atoms with E-state index in [4.69, 9.17) is 9.47 Å². The van der Waals surface area contributed by atoms with Crippen molar-refractivity contribution in [2.45, 2.75) is 19.6 Å². The van der Waals surface area contributed by atoms with Crippen LogP contribution in [0.15, 0.2) is 84.4 Å². The van der Waals surface area contributed by atoms with Crippen molar-refractivity contribution in [2.24, 2.45) is 0 Å². The molecule has 1 saturated heterocycles. The quantitative estimate of drug-likeness (QED) is 0.374. The lowest BCUT2D eigenvalue weighted by molar-refractivity contribution is -0.225. The smallest absolute Gasteiger partial charge is 0.349 e. The van der Waals surface area contributed by atoms with Crippen LogP contribution in [-0.2, 0) is 24.8 Å². The molecule has 0 spiro atoms. The number of aryl methyl sites for hydroxylation is 2. The predicted octanol–water partition coefficient (Wildman–Crippen LogP) is 4.69. The Morgan fingerprint density at radius 3 is 1.55 bits per heavy atom. The maximum Gasteiger partial charge on any atom is 0.349 e. The number of hydrogen-bond acceptors (Lipinski definition) is 4. The molecule has 144 valence electrons. The van der Waals surface area contributed by atoms with Gasteiger partial charge in [-0.3, -0.25) is 0 Å². The molecule has 4 rings (SSSR count). The Bertz CT molecular complexity index is 1010. The highest BCUT2D eigenvalue weighted by Crippen LogP contribution is 2.40. The predicted molar refractivity (Wildman–Crippen MR) is 110 cm³/mol. The summed E-state index contributed by atoms with van der Waals surface area (Å²) in [4.78, 5) is 25.8. The van der Waals surface area contributed by atoms with Crippen LogP contribution in [0.2, 0.25) is 0 Å². The van der Waals surface area contributed by atoms with E-state index in [0.29, 0.717) is 11.1 Å². The SMILES string of the molecule is Cc1ccc(C2(c3ccc(C)cc3)OC(=O)C(=Cc3ccccc3)C(=O)O2)cc1. The van der Waals surface area contributed by atoms with Gasteiger partial charge in [-0.1, -0.05) is 90.0 Å². The molecule has 0 N–H and O–H groups in total. The van der Waals surface area contributed by atoms with Crippen LogP contribution in [0.25, 0.3) is 6.08 Å². The summed E-state index contributed by atoms with van der Waals surface area (Å²) in [5, 5.41) is 0. The van der Waals surface area contributed by atoms with Crippen molar-refractivity contribution in [3.63, 3.8) is 0 Å². The molecule has 3 aromatic rings. The minimum atomic E-state index is -1.62. The molecular weight excluding hydrogens is 364 g/mol. The summed E-state index contributed by atoms with van der Waals surface area (Å²) >= 11 is 0. The summed E-state index contributed by atoms with van der Waals surface area (Å²) in [6, 6.07) is 23.9. The van der Waals surface area contributed by atoms with Crippen LogP contribution >= 0.6 is 0 Å². The van der Waals surface area contributed by atoms with Crippen LogP contribution in [0.5, 0.6) is 0 Å². The van der Waals surface area contributed by atoms with E-state index in [-0.39, 0.29) is 5.57 Å². The number of rotatable bonds is 3. The molecule has 3 aromatic carbocycles. The highest BCUT2D eigenvalue weighted by Gasteiger charge is 2.49. The second kappa shape index (κ2) is 7.40. The number of carbonyl (C=O) groups is 2. The van der Waals surface area contributed by atoms with Gasteiger partial charge in [0.25, 0.3) is 0 Å². The molecular formula is C25H20O4. The average Bonchev–Trinajstić information content (AvgIpc) is 2.72. The topological polar surface area (TPSA) is 52.6 Å². The molecule has 0 saturated carbocycles. The van der Waals surface area contributed by atoms with Gasteiger partial charge in [0.15, 0.2) is 0 Å². The highest BCUT2D eigenvalue weighted by atomic mass is 16.7. The number of hydrogen-bond donors (Lipinski definition) is 0. The van der Waals surface area contributed by atoms with Gasteiger partial charge in [0, 0.05) is 11.1 Å². The fraction of sp³-hybridized carbons (Fsp3) is 0.120. The van der Waals surface area contributed by atoms with Gasteiger partial charge in [-0.15, -0.1) is 0 Å². The maximum atomic E-state index is 12.9. The molecule has 0 radical (unpaired) electrons. The van der Waals surface area contributed by atoms with Crippen molar-refractivity contribution in [2.75, 3.05) is 0 Å². The molecule has 1 fully saturated rings. The van der Waals surface area contributed by atoms with Crippen LogP contribution in [0.3, 0.4) is 0 Å². The number of benzene rings is 3. The molecule has 29 heavy (non-hydrogen) atoms. The van der Waals surface area contributed by atoms with Crippen molar-refractivity contribution >= 4 is 18.0 Å². The van der Waals surface area contributed by atoms with Gasteiger partial charge in [-0.2, -0.15) is 0 Å². The fourth-order valence-corrected chi connectivity index (χ4v) is 3.26. The van der Waals surface area contributed by atoms with Gasteiger partial charge >= 0.3 is 17.7 Å². The Labute approximate surface area is 169 Å². The Hall–Kier alpha value is -3.66. The Morgan fingerprint density at radius 2 is 1.10 bits per heavy atom. The number of cyclic esters (lactones) is 2. The Kier molecular flexibility index (Phi) is 4.77. The van der Waals surface area contributed by atoms with Crippen LogP contribution < -0.4 is 0 Å². The Balaban J connectivity index is 1.80. The molecule has 0 aromatic heterocycles. The summed E-state index contributed by atoms with van der Waals surface area (Å²) in [6.07, 6.45) is 1.48. The maximum absolute atomic E-state index is 12.9. The number of esters is 2. The first-order chi connectivity index (χ1) is 14.0. The molecule has 0 aliphatic carbocycles. The molecule has 1 heterocycles. The van der Waals surface area contributed by atoms with Crippen molar-refractivity contribution in [1.82, 2.24) is 0 Å². The van der Waals surface area contributed by atoms with Crippen LogP contribution in [0.4, 0.5) is 0 Å². The lowest BCUT2D eigenvalue weighted by Gasteiger charge is -2.37. The van der Waals surface area contributed by atoms with Gasteiger partial charge < -0.3 is 9.47 Å². The van der Waals surface area contributed by atoms with Gasteiger partial charge in [0.05, 0.1) is 0 Å². The molecule has 4 nitrogen and oxygen atoms in total. The molecule has 0 atom stereocenters. The van der Waals surface area contributed by atoms with E-state index < -0.39 is 17.7 Å². The van der Waals surface area contributed by atoms with Crippen molar-refractivity contribution in [3.05, 3.63) is 112 Å². The molecule has 1 aliphatic heterocycles. The number of carbonyl (C=O) groups excluding carboxylic acids is 2. The van der Waals surface area contributed by atoms with Gasteiger partial charge in [-0.25, -0.2) is 9.59 Å². The molecule has 0 unspecified atom stereocenters. The molecule has 1 aliphatic rings. The van der Waals surface area contributed by atoms with Crippen molar-refractivity contribution in [1.29, 1.82) is 0 Å². The van der Waals surface area contributed by atoms with Gasteiger partial charge in [0.2, 0.25) is 0 Å². The number of ether oxygens (including phenoxy) is 2. The van der Waals surface area contributed by atoms with Crippen LogP contribution in [0, 0.1) is 13.8 Å². The third kappa shape index (κ3) is 3.57. The fourth-order valence-electron chi connectivity index (χ4n) is 3.26.